The molecule has 0 aromatic heterocycles. The smallest absolute Gasteiger partial charge is 0.254 e. The quantitative estimate of drug-likeness (QED) is 0.878. The highest BCUT2D eigenvalue weighted by molar-refractivity contribution is 9.10. The molecule has 0 heterocycles. The zero-order valence-corrected chi connectivity index (χ0v) is 11.3. The average molecular weight is 303 g/mol. The summed E-state index contributed by atoms with van der Waals surface area (Å²) < 4.78 is 14.1. The first-order valence-corrected chi connectivity index (χ1v) is 6.33. The van der Waals surface area contributed by atoms with Crippen LogP contribution in [0.15, 0.2) is 22.7 Å². The van der Waals surface area contributed by atoms with E-state index >= 15 is 0 Å². The first-order chi connectivity index (χ1) is 8.08. The molecule has 3 nitrogen and oxygen atoms in total. The molecule has 1 rings (SSSR count). The number of hydrogen-bond acceptors (Lipinski definition) is 2. The minimum atomic E-state index is -0.530. The van der Waals surface area contributed by atoms with Crippen LogP contribution in [0.4, 0.5) is 4.39 Å². The van der Waals surface area contributed by atoms with Gasteiger partial charge in [0.2, 0.25) is 0 Å². The van der Waals surface area contributed by atoms with E-state index in [0.717, 1.165) is 12.8 Å². The zero-order chi connectivity index (χ0) is 12.8. The van der Waals surface area contributed by atoms with E-state index in [9.17, 15) is 9.18 Å². The van der Waals surface area contributed by atoms with Crippen LogP contribution in [0.5, 0.6) is 0 Å². The molecule has 0 aliphatic carbocycles. The molecule has 0 saturated heterocycles. The number of carbonyl (C=O) groups excluding carboxylic acids is 1. The lowest BCUT2D eigenvalue weighted by atomic mass is 10.1. The summed E-state index contributed by atoms with van der Waals surface area (Å²) in [4.78, 5) is 11.8. The molecular weight excluding hydrogens is 287 g/mol. The molecule has 0 saturated carbocycles. The van der Waals surface area contributed by atoms with Crippen LogP contribution in [0.1, 0.15) is 30.1 Å². The van der Waals surface area contributed by atoms with Crippen molar-refractivity contribution in [1.82, 2.24) is 5.32 Å². The maximum atomic E-state index is 13.4. The maximum Gasteiger partial charge on any atom is 0.254 e. The average Bonchev–Trinajstić information content (AvgIpc) is 2.31. The third-order valence-electron chi connectivity index (χ3n) is 2.43. The van der Waals surface area contributed by atoms with Crippen molar-refractivity contribution in [2.24, 2.45) is 5.73 Å². The van der Waals surface area contributed by atoms with Gasteiger partial charge in [0, 0.05) is 17.1 Å². The SMILES string of the molecule is CCCC(CN)NC(=O)c1cc(Br)ccc1F. The molecule has 5 heteroatoms. The highest BCUT2D eigenvalue weighted by Gasteiger charge is 2.15. The Balaban J connectivity index is 2.78. The predicted octanol–water partition coefficient (Wildman–Crippen LogP) is 2.45. The van der Waals surface area contributed by atoms with Crippen LogP contribution < -0.4 is 11.1 Å². The number of carbonyl (C=O) groups is 1. The molecule has 0 aliphatic rings. The van der Waals surface area contributed by atoms with Crippen molar-refractivity contribution in [2.75, 3.05) is 6.54 Å². The molecule has 0 radical (unpaired) electrons. The van der Waals surface area contributed by atoms with Gasteiger partial charge in [-0.3, -0.25) is 4.79 Å². The lowest BCUT2D eigenvalue weighted by Gasteiger charge is -2.16. The molecule has 1 aromatic carbocycles. The lowest BCUT2D eigenvalue weighted by molar-refractivity contribution is 0.0932. The van der Waals surface area contributed by atoms with Gasteiger partial charge in [0.25, 0.3) is 5.91 Å². The van der Waals surface area contributed by atoms with Gasteiger partial charge in [-0.1, -0.05) is 29.3 Å². The van der Waals surface area contributed by atoms with E-state index in [1.165, 1.54) is 12.1 Å². The summed E-state index contributed by atoms with van der Waals surface area (Å²) >= 11 is 3.21. The Bertz CT molecular complexity index is 398. The lowest BCUT2D eigenvalue weighted by Crippen LogP contribution is -2.40. The highest BCUT2D eigenvalue weighted by Crippen LogP contribution is 2.15. The molecular formula is C12H16BrFN2O. The van der Waals surface area contributed by atoms with Crippen molar-refractivity contribution in [3.8, 4) is 0 Å². The van der Waals surface area contributed by atoms with Crippen molar-refractivity contribution < 1.29 is 9.18 Å². The molecule has 1 aromatic rings. The van der Waals surface area contributed by atoms with Gasteiger partial charge >= 0.3 is 0 Å². The Morgan fingerprint density at radius 2 is 2.29 bits per heavy atom. The molecule has 1 unspecified atom stereocenters. The Kier molecular flexibility index (Phi) is 5.58. The first-order valence-electron chi connectivity index (χ1n) is 5.54. The van der Waals surface area contributed by atoms with Crippen LogP contribution >= 0.6 is 15.9 Å². The molecule has 0 bridgehead atoms. The number of nitrogens with one attached hydrogen (secondary N) is 1. The number of rotatable bonds is 5. The number of hydrogen-bond donors (Lipinski definition) is 2. The molecule has 17 heavy (non-hydrogen) atoms. The van der Waals surface area contributed by atoms with Gasteiger partial charge in [0.15, 0.2) is 0 Å². The van der Waals surface area contributed by atoms with Crippen LogP contribution in [-0.2, 0) is 0 Å². The van der Waals surface area contributed by atoms with E-state index in [2.05, 4.69) is 21.2 Å². The van der Waals surface area contributed by atoms with Crippen LogP contribution in [0.2, 0.25) is 0 Å². The highest BCUT2D eigenvalue weighted by atomic mass is 79.9. The van der Waals surface area contributed by atoms with Gasteiger partial charge in [-0.05, 0) is 24.6 Å². The zero-order valence-electron chi connectivity index (χ0n) is 9.67. The molecule has 1 atom stereocenters. The third-order valence-corrected chi connectivity index (χ3v) is 2.92. The minimum Gasteiger partial charge on any atom is -0.348 e. The number of benzene rings is 1. The van der Waals surface area contributed by atoms with Gasteiger partial charge < -0.3 is 11.1 Å². The second-order valence-electron chi connectivity index (χ2n) is 3.82. The summed E-state index contributed by atoms with van der Waals surface area (Å²) in [5.74, 6) is -0.953. The molecule has 1 amide bonds. The Morgan fingerprint density at radius 1 is 1.59 bits per heavy atom. The van der Waals surface area contributed by atoms with Crippen molar-refractivity contribution in [3.63, 3.8) is 0 Å². The molecule has 0 fully saturated rings. The van der Waals surface area contributed by atoms with E-state index < -0.39 is 11.7 Å². The van der Waals surface area contributed by atoms with E-state index in [1.807, 2.05) is 6.92 Å². The fourth-order valence-corrected chi connectivity index (χ4v) is 1.89. The van der Waals surface area contributed by atoms with E-state index in [4.69, 9.17) is 5.73 Å². The van der Waals surface area contributed by atoms with Gasteiger partial charge in [-0.15, -0.1) is 0 Å². The maximum absolute atomic E-state index is 13.4. The van der Waals surface area contributed by atoms with Gasteiger partial charge in [0.05, 0.1) is 5.56 Å². The Labute approximate surface area is 109 Å². The van der Waals surface area contributed by atoms with E-state index in [-0.39, 0.29) is 11.6 Å². The van der Waals surface area contributed by atoms with Crippen LogP contribution in [-0.4, -0.2) is 18.5 Å². The van der Waals surface area contributed by atoms with Crippen LogP contribution in [0.25, 0.3) is 0 Å². The van der Waals surface area contributed by atoms with Crippen molar-refractivity contribution in [2.45, 2.75) is 25.8 Å². The van der Waals surface area contributed by atoms with Crippen molar-refractivity contribution in [3.05, 3.63) is 34.1 Å². The topological polar surface area (TPSA) is 55.1 Å². The summed E-state index contributed by atoms with van der Waals surface area (Å²) in [5, 5.41) is 2.73. The second-order valence-corrected chi connectivity index (χ2v) is 4.73. The van der Waals surface area contributed by atoms with Crippen molar-refractivity contribution >= 4 is 21.8 Å². The van der Waals surface area contributed by atoms with Gasteiger partial charge in [0.1, 0.15) is 5.82 Å². The third kappa shape index (κ3) is 4.09. The molecule has 0 spiro atoms. The van der Waals surface area contributed by atoms with Crippen LogP contribution in [0.3, 0.4) is 0 Å². The summed E-state index contributed by atoms with van der Waals surface area (Å²) in [5.41, 5.74) is 5.57. The first kappa shape index (κ1) is 14.1. The number of halogens is 2. The van der Waals surface area contributed by atoms with Crippen LogP contribution in [0, 0.1) is 5.82 Å². The summed E-state index contributed by atoms with van der Waals surface area (Å²) in [7, 11) is 0. The molecule has 94 valence electrons. The van der Waals surface area contributed by atoms with Gasteiger partial charge in [-0.2, -0.15) is 0 Å². The fraction of sp³-hybridized carbons (Fsp3) is 0.417. The predicted molar refractivity (Wildman–Crippen MR) is 69.3 cm³/mol. The summed E-state index contributed by atoms with van der Waals surface area (Å²) in [6.45, 7) is 2.36. The Hall–Kier alpha value is -0.940. The Morgan fingerprint density at radius 3 is 2.88 bits per heavy atom. The number of nitrogens with two attached hydrogens (primary N) is 1. The monoisotopic (exact) mass is 302 g/mol. The molecule has 3 N–H and O–H groups in total. The standard InChI is InChI=1S/C12H16BrFN2O/c1-2-3-9(7-15)16-12(17)10-6-8(13)4-5-11(10)14/h4-6,9H,2-3,7,15H2,1H3,(H,16,17). The van der Waals surface area contributed by atoms with E-state index in [0.29, 0.717) is 11.0 Å². The number of amides is 1. The van der Waals surface area contributed by atoms with E-state index in [1.54, 1.807) is 6.07 Å². The van der Waals surface area contributed by atoms with Crippen molar-refractivity contribution in [1.29, 1.82) is 0 Å². The minimum absolute atomic E-state index is 0.0360. The van der Waals surface area contributed by atoms with Gasteiger partial charge in [-0.25, -0.2) is 4.39 Å². The fourth-order valence-electron chi connectivity index (χ4n) is 1.53. The normalized spacial score (nSPS) is 12.2. The largest absolute Gasteiger partial charge is 0.348 e. The summed E-state index contributed by atoms with van der Waals surface area (Å²) in [6, 6.07) is 4.17. The molecule has 0 aliphatic heterocycles. The summed E-state index contributed by atoms with van der Waals surface area (Å²) in [6.07, 6.45) is 1.71. The second kappa shape index (κ2) is 6.71.